The van der Waals surface area contributed by atoms with E-state index in [0.717, 1.165) is 16.0 Å². The molecule has 1 saturated heterocycles. The molecule has 0 N–H and O–H groups in total. The molecule has 0 unspecified atom stereocenters. The van der Waals surface area contributed by atoms with Crippen molar-refractivity contribution in [3.05, 3.63) is 33.7 Å². The van der Waals surface area contributed by atoms with Crippen molar-refractivity contribution in [3.8, 4) is 0 Å². The van der Waals surface area contributed by atoms with Gasteiger partial charge in [-0.3, -0.25) is 14.0 Å². The molecule has 0 atom stereocenters. The van der Waals surface area contributed by atoms with Crippen molar-refractivity contribution in [2.45, 2.75) is 33.2 Å². The van der Waals surface area contributed by atoms with Gasteiger partial charge in [0.1, 0.15) is 11.3 Å². The van der Waals surface area contributed by atoms with Gasteiger partial charge in [0.05, 0.1) is 16.8 Å². The molecule has 10 heteroatoms. The number of hydrogen-bond acceptors (Lipinski definition) is 6. The van der Waals surface area contributed by atoms with Gasteiger partial charge < -0.3 is 14.5 Å². The summed E-state index contributed by atoms with van der Waals surface area (Å²) in [5, 5.41) is 6.45. The van der Waals surface area contributed by atoms with Crippen molar-refractivity contribution < 1.29 is 14.3 Å². The fraction of sp³-hybridized carbons (Fsp3) is 0.500. The summed E-state index contributed by atoms with van der Waals surface area (Å²) >= 11 is 1.60. The molecule has 3 aromatic rings. The largest absolute Gasteiger partial charge is 0.450 e. The maximum absolute atomic E-state index is 12.8. The van der Waals surface area contributed by atoms with Crippen LogP contribution in [0.5, 0.6) is 0 Å². The summed E-state index contributed by atoms with van der Waals surface area (Å²) in [4.78, 5) is 40.5. The molecule has 1 aliphatic heterocycles. The van der Waals surface area contributed by atoms with Crippen LogP contribution >= 0.6 is 11.3 Å². The first-order valence-corrected chi connectivity index (χ1v) is 11.0. The second kappa shape index (κ2) is 8.47. The quantitative estimate of drug-likeness (QED) is 0.617. The van der Waals surface area contributed by atoms with Crippen LogP contribution in [0.3, 0.4) is 0 Å². The van der Waals surface area contributed by atoms with Gasteiger partial charge in [0.25, 0.3) is 5.56 Å². The lowest BCUT2D eigenvalue weighted by Crippen LogP contribution is -2.50. The van der Waals surface area contributed by atoms with Crippen LogP contribution in [0.4, 0.5) is 4.79 Å². The van der Waals surface area contributed by atoms with Crippen molar-refractivity contribution >= 4 is 39.1 Å². The molecule has 9 nitrogen and oxygen atoms in total. The van der Waals surface area contributed by atoms with E-state index >= 15 is 0 Å². The Kier molecular flexibility index (Phi) is 5.76. The number of carbonyl (C=O) groups is 2. The van der Waals surface area contributed by atoms with Crippen molar-refractivity contribution in [3.63, 3.8) is 0 Å². The van der Waals surface area contributed by atoms with Crippen LogP contribution in [0.1, 0.15) is 25.6 Å². The van der Waals surface area contributed by atoms with E-state index in [1.807, 2.05) is 28.8 Å². The first kappa shape index (κ1) is 20.4. The minimum absolute atomic E-state index is 0.0348. The van der Waals surface area contributed by atoms with E-state index < -0.39 is 0 Å². The maximum atomic E-state index is 12.8. The first-order chi connectivity index (χ1) is 14.5. The molecule has 2 amide bonds. The molecule has 0 radical (unpaired) electrons. The highest BCUT2D eigenvalue weighted by Crippen LogP contribution is 2.24. The third kappa shape index (κ3) is 3.79. The molecule has 160 valence electrons. The lowest BCUT2D eigenvalue weighted by Gasteiger charge is -2.34. The number of hydrogen-bond donors (Lipinski definition) is 0. The number of rotatable bonds is 5. The smallest absolute Gasteiger partial charge is 0.409 e. The SMILES string of the molecule is CCOC(=O)N1CCN(C(=O)CCCn2nc(C)n3c(cc4sccc43)c2=O)CC1. The Labute approximate surface area is 177 Å². The number of carbonyl (C=O) groups excluding carboxylic acids is 2. The van der Waals surface area contributed by atoms with E-state index in [4.69, 9.17) is 4.74 Å². The molecular weight excluding hydrogens is 406 g/mol. The number of nitrogens with zero attached hydrogens (tertiary/aromatic N) is 5. The van der Waals surface area contributed by atoms with Crippen LogP contribution in [0.15, 0.2) is 22.3 Å². The minimum atomic E-state index is -0.328. The van der Waals surface area contributed by atoms with Crippen LogP contribution in [-0.4, -0.2) is 68.8 Å². The van der Waals surface area contributed by atoms with Gasteiger partial charge in [0.2, 0.25) is 5.91 Å². The zero-order valence-corrected chi connectivity index (χ0v) is 18.0. The molecule has 30 heavy (non-hydrogen) atoms. The molecule has 0 bridgehead atoms. The number of thiophene rings is 1. The predicted molar refractivity (Wildman–Crippen MR) is 114 cm³/mol. The van der Waals surface area contributed by atoms with Crippen LogP contribution in [-0.2, 0) is 16.1 Å². The molecule has 0 aromatic carbocycles. The van der Waals surface area contributed by atoms with Gasteiger partial charge in [-0.15, -0.1) is 11.3 Å². The van der Waals surface area contributed by atoms with E-state index in [-0.39, 0.29) is 17.6 Å². The summed E-state index contributed by atoms with van der Waals surface area (Å²) in [5.41, 5.74) is 1.48. The summed E-state index contributed by atoms with van der Waals surface area (Å²) in [6.45, 7) is 6.36. The lowest BCUT2D eigenvalue weighted by atomic mass is 10.2. The Morgan fingerprint density at radius 2 is 1.90 bits per heavy atom. The third-order valence-corrected chi connectivity index (χ3v) is 6.24. The average molecular weight is 432 g/mol. The van der Waals surface area contributed by atoms with E-state index in [2.05, 4.69) is 5.10 Å². The Balaban J connectivity index is 1.35. The number of amides is 2. The minimum Gasteiger partial charge on any atom is -0.450 e. The van der Waals surface area contributed by atoms with Gasteiger partial charge in [-0.2, -0.15) is 5.10 Å². The molecule has 0 aliphatic carbocycles. The van der Waals surface area contributed by atoms with Crippen molar-refractivity contribution in [2.24, 2.45) is 0 Å². The number of piperazine rings is 1. The Morgan fingerprint density at radius 1 is 1.17 bits per heavy atom. The fourth-order valence-corrected chi connectivity index (χ4v) is 4.67. The fourth-order valence-electron chi connectivity index (χ4n) is 3.87. The van der Waals surface area contributed by atoms with E-state index in [9.17, 15) is 14.4 Å². The Morgan fingerprint density at radius 3 is 2.63 bits per heavy atom. The topological polar surface area (TPSA) is 89.2 Å². The second-order valence-electron chi connectivity index (χ2n) is 7.28. The second-order valence-corrected chi connectivity index (χ2v) is 8.23. The van der Waals surface area contributed by atoms with Gasteiger partial charge >= 0.3 is 6.09 Å². The van der Waals surface area contributed by atoms with E-state index in [0.29, 0.717) is 57.7 Å². The number of ether oxygens (including phenoxy) is 1. The van der Waals surface area contributed by atoms with E-state index in [1.54, 1.807) is 28.1 Å². The molecule has 0 spiro atoms. The Hall–Kier alpha value is -2.88. The van der Waals surface area contributed by atoms with Gasteiger partial charge in [0.15, 0.2) is 0 Å². The molecule has 3 aromatic heterocycles. The maximum Gasteiger partial charge on any atom is 0.409 e. The number of aryl methyl sites for hydroxylation is 2. The highest BCUT2D eigenvalue weighted by Gasteiger charge is 2.24. The molecule has 4 heterocycles. The predicted octanol–water partition coefficient (Wildman–Crippen LogP) is 2.10. The van der Waals surface area contributed by atoms with Crippen LogP contribution in [0, 0.1) is 6.92 Å². The zero-order valence-electron chi connectivity index (χ0n) is 17.2. The van der Waals surface area contributed by atoms with Crippen LogP contribution in [0.25, 0.3) is 15.7 Å². The third-order valence-electron chi connectivity index (χ3n) is 5.38. The first-order valence-electron chi connectivity index (χ1n) is 10.2. The molecular formula is C20H25N5O4S. The summed E-state index contributed by atoms with van der Waals surface area (Å²) in [6, 6.07) is 3.90. The standard InChI is InChI=1S/C20H25N5O4S/c1-3-29-20(28)23-10-8-22(9-11-23)18(26)5-4-7-24-19(27)16-13-17-15(6-12-30-17)25(16)14(2)21-24/h6,12-13H,3-5,7-11H2,1-2H3. The van der Waals surface area contributed by atoms with Gasteiger partial charge in [0, 0.05) is 39.1 Å². The van der Waals surface area contributed by atoms with Gasteiger partial charge in [-0.25, -0.2) is 9.48 Å². The van der Waals surface area contributed by atoms with Gasteiger partial charge in [-0.05, 0) is 37.8 Å². The number of aromatic nitrogens is 3. The normalized spacial score (nSPS) is 14.6. The Bertz CT molecular complexity index is 1140. The van der Waals surface area contributed by atoms with E-state index in [1.165, 1.54) is 4.68 Å². The lowest BCUT2D eigenvalue weighted by molar-refractivity contribution is -0.132. The van der Waals surface area contributed by atoms with Crippen LogP contribution < -0.4 is 5.56 Å². The molecule has 4 rings (SSSR count). The summed E-state index contributed by atoms with van der Waals surface area (Å²) < 4.78 is 9.41. The average Bonchev–Trinajstić information content (AvgIpc) is 3.33. The highest BCUT2D eigenvalue weighted by molar-refractivity contribution is 7.17. The zero-order chi connectivity index (χ0) is 21.3. The number of fused-ring (bicyclic) bond motifs is 3. The summed E-state index contributed by atoms with van der Waals surface area (Å²) in [7, 11) is 0. The van der Waals surface area contributed by atoms with Crippen molar-refractivity contribution in [1.82, 2.24) is 24.0 Å². The van der Waals surface area contributed by atoms with Crippen molar-refractivity contribution in [1.29, 1.82) is 0 Å². The molecule has 1 aliphatic rings. The molecule has 0 saturated carbocycles. The monoisotopic (exact) mass is 431 g/mol. The molecule has 1 fully saturated rings. The highest BCUT2D eigenvalue weighted by atomic mass is 32.1. The van der Waals surface area contributed by atoms with Crippen LogP contribution in [0.2, 0.25) is 0 Å². The van der Waals surface area contributed by atoms with Crippen molar-refractivity contribution in [2.75, 3.05) is 32.8 Å². The van der Waals surface area contributed by atoms with Gasteiger partial charge in [-0.1, -0.05) is 0 Å². The summed E-state index contributed by atoms with van der Waals surface area (Å²) in [6.07, 6.45) is 0.550. The summed E-state index contributed by atoms with van der Waals surface area (Å²) in [5.74, 6) is 0.784.